The third-order valence-electron chi connectivity index (χ3n) is 6.13. The second-order valence-electron chi connectivity index (χ2n) is 8.46. The van der Waals surface area contributed by atoms with E-state index >= 15 is 0 Å². The zero-order chi connectivity index (χ0) is 26.8. The molecule has 10 nitrogen and oxygen atoms in total. The lowest BCUT2D eigenvalue weighted by atomic mass is 9.93. The van der Waals surface area contributed by atoms with Crippen molar-refractivity contribution in [3.8, 4) is 23.0 Å². The molecule has 0 aliphatic carbocycles. The molecule has 0 fully saturated rings. The van der Waals surface area contributed by atoms with E-state index in [1.807, 2.05) is 36.4 Å². The first-order valence-corrected chi connectivity index (χ1v) is 11.5. The maximum Gasteiger partial charge on any atom is 0.272 e. The van der Waals surface area contributed by atoms with Gasteiger partial charge in [0.15, 0.2) is 0 Å². The highest BCUT2D eigenvalue weighted by atomic mass is 16.6. The van der Waals surface area contributed by atoms with Gasteiger partial charge in [0.1, 0.15) is 17.4 Å². The maximum atomic E-state index is 13.5. The summed E-state index contributed by atoms with van der Waals surface area (Å²) in [5, 5.41) is 25.5. The Balaban J connectivity index is 1.64. The molecule has 0 radical (unpaired) electrons. The van der Waals surface area contributed by atoms with Crippen molar-refractivity contribution in [3.63, 3.8) is 0 Å². The lowest BCUT2D eigenvalue weighted by molar-refractivity contribution is -0.384. The smallest absolute Gasteiger partial charge is 0.272 e. The van der Waals surface area contributed by atoms with Gasteiger partial charge in [0.05, 0.1) is 29.1 Å². The van der Waals surface area contributed by atoms with Crippen LogP contribution in [0.2, 0.25) is 0 Å². The number of furan rings is 1. The molecule has 0 unspecified atom stereocenters. The summed E-state index contributed by atoms with van der Waals surface area (Å²) in [6.07, 6.45) is 4.74. The summed E-state index contributed by atoms with van der Waals surface area (Å²) in [5.74, 6) is -0.850. The molecule has 3 heterocycles. The SMILES string of the molecule is CC1=C(C#N)C(=O)N(Cc2ccco2)C(=O)/C1=C/c1cn(-c2ccc([N+](=O)[O-])cc2)nc1-c1ccccc1. The minimum atomic E-state index is -0.687. The molecule has 10 heteroatoms. The molecule has 0 saturated heterocycles. The topological polar surface area (TPSA) is 135 Å². The zero-order valence-corrected chi connectivity index (χ0v) is 20.1. The van der Waals surface area contributed by atoms with Crippen LogP contribution in [0.1, 0.15) is 18.2 Å². The summed E-state index contributed by atoms with van der Waals surface area (Å²) in [5.41, 5.74) is 2.71. The largest absolute Gasteiger partial charge is 0.467 e. The molecule has 2 aromatic heterocycles. The number of nitrogens with zero attached hydrogens (tertiary/aromatic N) is 5. The number of imide groups is 1. The summed E-state index contributed by atoms with van der Waals surface area (Å²) >= 11 is 0. The number of aromatic nitrogens is 2. The molecule has 186 valence electrons. The number of non-ortho nitro benzene ring substituents is 1. The summed E-state index contributed by atoms with van der Waals surface area (Å²) in [6.45, 7) is 1.45. The first-order valence-electron chi connectivity index (χ1n) is 11.5. The minimum absolute atomic E-state index is 0.0505. The molecule has 0 N–H and O–H groups in total. The molecule has 1 aliphatic heterocycles. The van der Waals surface area contributed by atoms with Crippen LogP contribution in [0.5, 0.6) is 0 Å². The molecular weight excluding hydrogens is 486 g/mol. The number of carbonyl (C=O) groups is 2. The van der Waals surface area contributed by atoms with Gasteiger partial charge in [-0.25, -0.2) is 4.68 Å². The third kappa shape index (κ3) is 4.40. The van der Waals surface area contributed by atoms with E-state index in [0.717, 1.165) is 10.5 Å². The van der Waals surface area contributed by atoms with Crippen molar-refractivity contribution in [1.82, 2.24) is 14.7 Å². The molecule has 4 aromatic rings. The number of nitro benzene ring substituents is 1. The Bertz CT molecular complexity index is 1660. The van der Waals surface area contributed by atoms with E-state index in [4.69, 9.17) is 4.42 Å². The Hall–Kier alpha value is -5.56. The predicted octanol–water partition coefficient (Wildman–Crippen LogP) is 4.83. The fourth-order valence-electron chi connectivity index (χ4n) is 4.16. The lowest BCUT2D eigenvalue weighted by Gasteiger charge is -2.26. The van der Waals surface area contributed by atoms with Gasteiger partial charge in [-0.3, -0.25) is 24.6 Å². The summed E-state index contributed by atoms with van der Waals surface area (Å²) in [7, 11) is 0. The summed E-state index contributed by atoms with van der Waals surface area (Å²) in [4.78, 5) is 38.0. The average molecular weight is 505 g/mol. The van der Waals surface area contributed by atoms with Crippen LogP contribution in [0, 0.1) is 21.4 Å². The molecule has 1 aliphatic rings. The zero-order valence-electron chi connectivity index (χ0n) is 20.1. The van der Waals surface area contributed by atoms with Crippen molar-refractivity contribution in [2.45, 2.75) is 13.5 Å². The maximum absolute atomic E-state index is 13.5. The van der Waals surface area contributed by atoms with Crippen molar-refractivity contribution < 1.29 is 18.9 Å². The average Bonchev–Trinajstić information content (AvgIpc) is 3.60. The van der Waals surface area contributed by atoms with Crippen molar-refractivity contribution >= 4 is 23.6 Å². The molecule has 2 amide bonds. The molecule has 5 rings (SSSR count). The third-order valence-corrected chi connectivity index (χ3v) is 6.13. The molecule has 0 saturated carbocycles. The van der Waals surface area contributed by atoms with Crippen LogP contribution in [-0.4, -0.2) is 31.4 Å². The van der Waals surface area contributed by atoms with Crippen molar-refractivity contribution in [1.29, 1.82) is 5.26 Å². The van der Waals surface area contributed by atoms with Gasteiger partial charge >= 0.3 is 0 Å². The second-order valence-corrected chi connectivity index (χ2v) is 8.46. The highest BCUT2D eigenvalue weighted by Crippen LogP contribution is 2.32. The molecule has 2 aromatic carbocycles. The van der Waals surface area contributed by atoms with E-state index in [-0.39, 0.29) is 29.0 Å². The quantitative estimate of drug-likeness (QED) is 0.158. The van der Waals surface area contributed by atoms with Gasteiger partial charge in [0.2, 0.25) is 0 Å². The van der Waals surface area contributed by atoms with Crippen LogP contribution in [0.4, 0.5) is 5.69 Å². The normalized spacial score (nSPS) is 14.7. The van der Waals surface area contributed by atoms with Crippen molar-refractivity contribution in [2.24, 2.45) is 0 Å². The van der Waals surface area contributed by atoms with Crippen LogP contribution in [0.25, 0.3) is 23.0 Å². The Morgan fingerprint density at radius 1 is 1.05 bits per heavy atom. The number of amides is 2. The number of nitriles is 1. The van der Waals surface area contributed by atoms with E-state index in [1.165, 1.54) is 18.4 Å². The van der Waals surface area contributed by atoms with Gasteiger partial charge < -0.3 is 4.42 Å². The number of rotatable bonds is 6. The lowest BCUT2D eigenvalue weighted by Crippen LogP contribution is -2.42. The standard InChI is InChI=1S/C28H19N5O5/c1-18-24(27(34)31(28(35)25(18)15-29)17-23-8-5-13-38-23)14-20-16-32(21-9-11-22(12-10-21)33(36)37)30-26(20)19-6-3-2-4-7-19/h2-14,16H,17H2,1H3/b24-14+. The number of hydrogen-bond donors (Lipinski definition) is 0. The number of hydrogen-bond acceptors (Lipinski definition) is 7. The molecule has 0 spiro atoms. The molecule has 0 atom stereocenters. The van der Waals surface area contributed by atoms with Crippen molar-refractivity contribution in [3.05, 3.63) is 117 Å². The van der Waals surface area contributed by atoms with Crippen LogP contribution in [-0.2, 0) is 16.1 Å². The number of carbonyl (C=O) groups excluding carboxylic acids is 2. The number of benzene rings is 2. The van der Waals surface area contributed by atoms with Crippen LogP contribution >= 0.6 is 0 Å². The van der Waals surface area contributed by atoms with Crippen molar-refractivity contribution in [2.75, 3.05) is 0 Å². The molecule has 0 bridgehead atoms. The predicted molar refractivity (Wildman–Crippen MR) is 136 cm³/mol. The van der Waals surface area contributed by atoms with Crippen LogP contribution < -0.4 is 0 Å². The number of nitro groups is 1. The van der Waals surface area contributed by atoms with Gasteiger partial charge in [-0.05, 0) is 42.8 Å². The van der Waals surface area contributed by atoms with Crippen LogP contribution in [0.3, 0.4) is 0 Å². The fraction of sp³-hybridized carbons (Fsp3) is 0.0714. The van der Waals surface area contributed by atoms with Gasteiger partial charge in [0.25, 0.3) is 17.5 Å². The Kier molecular flexibility index (Phi) is 6.25. The van der Waals surface area contributed by atoms with E-state index in [0.29, 0.717) is 22.7 Å². The first kappa shape index (κ1) is 24.1. The summed E-state index contributed by atoms with van der Waals surface area (Å²) in [6, 6.07) is 20.4. The second kappa shape index (κ2) is 9.83. The Morgan fingerprint density at radius 2 is 1.79 bits per heavy atom. The highest BCUT2D eigenvalue weighted by Gasteiger charge is 2.36. The van der Waals surface area contributed by atoms with E-state index in [1.54, 1.807) is 48.1 Å². The monoisotopic (exact) mass is 505 g/mol. The van der Waals surface area contributed by atoms with Gasteiger partial charge in [-0.1, -0.05) is 30.3 Å². The van der Waals surface area contributed by atoms with Gasteiger partial charge in [0, 0.05) is 35.0 Å². The summed E-state index contributed by atoms with van der Waals surface area (Å²) < 4.78 is 6.87. The Labute approximate surface area is 216 Å². The first-order chi connectivity index (χ1) is 18.4. The van der Waals surface area contributed by atoms with E-state index in [9.17, 15) is 25.0 Å². The minimum Gasteiger partial charge on any atom is -0.467 e. The fourth-order valence-corrected chi connectivity index (χ4v) is 4.16. The van der Waals surface area contributed by atoms with Crippen LogP contribution in [0.15, 0.2) is 100 Å². The Morgan fingerprint density at radius 3 is 2.42 bits per heavy atom. The van der Waals surface area contributed by atoms with Gasteiger partial charge in [-0.2, -0.15) is 10.4 Å². The van der Waals surface area contributed by atoms with Gasteiger partial charge in [-0.15, -0.1) is 0 Å². The molecular formula is C28H19N5O5. The van der Waals surface area contributed by atoms with E-state index < -0.39 is 16.7 Å². The highest BCUT2D eigenvalue weighted by molar-refractivity contribution is 6.19. The van der Waals surface area contributed by atoms with E-state index in [2.05, 4.69) is 5.10 Å². The molecule has 38 heavy (non-hydrogen) atoms.